The first-order valence-electron chi connectivity index (χ1n) is 5.78. The minimum absolute atomic E-state index is 0.238. The van der Waals surface area contributed by atoms with Crippen LogP contribution in [0.1, 0.15) is 5.56 Å². The molecule has 3 N–H and O–H groups in total. The lowest BCUT2D eigenvalue weighted by Gasteiger charge is -2.06. The van der Waals surface area contributed by atoms with Gasteiger partial charge in [-0.15, -0.1) is 0 Å². The van der Waals surface area contributed by atoms with Gasteiger partial charge in [-0.1, -0.05) is 30.3 Å². The molecule has 1 heterocycles. The zero-order valence-corrected chi connectivity index (χ0v) is 11.3. The van der Waals surface area contributed by atoms with Gasteiger partial charge in [-0.2, -0.15) is 0 Å². The molecule has 0 aliphatic rings. The number of nitrogens with two attached hydrogens (primary N) is 1. The average molecular weight is 295 g/mol. The molecule has 0 unspecified atom stereocenters. The predicted molar refractivity (Wildman–Crippen MR) is 72.8 cm³/mol. The van der Waals surface area contributed by atoms with Gasteiger partial charge in [0.05, 0.1) is 0 Å². The summed E-state index contributed by atoms with van der Waals surface area (Å²) in [5.41, 5.74) is -0.686. The Morgan fingerprint density at radius 3 is 2.40 bits per heavy atom. The molecule has 106 valence electrons. The fourth-order valence-corrected chi connectivity index (χ4v) is 2.34. The largest absolute Gasteiger partial charge is 0.328 e. The van der Waals surface area contributed by atoms with Crippen molar-refractivity contribution in [1.82, 2.24) is 9.55 Å². The number of hydrogen-bond acceptors (Lipinski definition) is 4. The fourth-order valence-electron chi connectivity index (χ4n) is 1.75. The quantitative estimate of drug-likeness (QED) is 0.785. The van der Waals surface area contributed by atoms with Gasteiger partial charge in [-0.25, -0.2) is 18.4 Å². The molecular formula is C12H13N3O4S. The van der Waals surface area contributed by atoms with E-state index in [0.717, 1.165) is 16.3 Å². The Balaban J connectivity index is 2.33. The number of primary sulfonamides is 1. The number of aromatic nitrogens is 2. The minimum atomic E-state index is -4.16. The molecule has 1 aromatic heterocycles. The van der Waals surface area contributed by atoms with E-state index in [1.807, 2.05) is 35.3 Å². The predicted octanol–water partition coefficient (Wildman–Crippen LogP) is -0.573. The van der Waals surface area contributed by atoms with Crippen molar-refractivity contribution >= 4 is 10.0 Å². The molecule has 2 aromatic rings. The molecular weight excluding hydrogens is 282 g/mol. The number of rotatable bonds is 4. The summed E-state index contributed by atoms with van der Waals surface area (Å²) >= 11 is 0. The lowest BCUT2D eigenvalue weighted by Crippen LogP contribution is -2.35. The molecule has 0 saturated heterocycles. The monoisotopic (exact) mass is 295 g/mol. The molecule has 0 aliphatic carbocycles. The Bertz CT molecular complexity index is 822. The van der Waals surface area contributed by atoms with E-state index in [2.05, 4.69) is 0 Å². The van der Waals surface area contributed by atoms with E-state index in [1.165, 1.54) is 0 Å². The van der Waals surface area contributed by atoms with Crippen LogP contribution in [0, 0.1) is 0 Å². The molecule has 0 spiro atoms. The standard InChI is InChI=1S/C12H13N3O4S/c13-20(18,19)10-8-15(12(17)14-11(10)16)7-6-9-4-2-1-3-5-9/h1-5,8H,6-7H2,(H2,13,18,19)(H,14,16,17). The summed E-state index contributed by atoms with van der Waals surface area (Å²) in [5.74, 6) is 0. The summed E-state index contributed by atoms with van der Waals surface area (Å²) in [6.45, 7) is 0.238. The Hall–Kier alpha value is -2.19. The number of H-pyrrole nitrogens is 1. The maximum absolute atomic E-state index is 11.6. The highest BCUT2D eigenvalue weighted by Gasteiger charge is 2.15. The smallest absolute Gasteiger partial charge is 0.299 e. The topological polar surface area (TPSA) is 115 Å². The van der Waals surface area contributed by atoms with Gasteiger partial charge in [0.15, 0.2) is 4.90 Å². The van der Waals surface area contributed by atoms with Gasteiger partial charge in [0.25, 0.3) is 5.56 Å². The molecule has 0 radical (unpaired) electrons. The van der Waals surface area contributed by atoms with Crippen LogP contribution in [0.3, 0.4) is 0 Å². The van der Waals surface area contributed by atoms with Crippen LogP contribution >= 0.6 is 0 Å². The number of nitrogens with zero attached hydrogens (tertiary/aromatic N) is 1. The minimum Gasteiger partial charge on any atom is -0.299 e. The summed E-state index contributed by atoms with van der Waals surface area (Å²) in [7, 11) is -4.16. The molecule has 7 nitrogen and oxygen atoms in total. The van der Waals surface area contributed by atoms with E-state index in [9.17, 15) is 18.0 Å². The molecule has 0 saturated carbocycles. The third kappa shape index (κ3) is 3.22. The van der Waals surface area contributed by atoms with Crippen molar-refractivity contribution in [3.63, 3.8) is 0 Å². The van der Waals surface area contributed by atoms with Gasteiger partial charge in [0.1, 0.15) is 0 Å². The van der Waals surface area contributed by atoms with E-state index in [0.29, 0.717) is 6.42 Å². The van der Waals surface area contributed by atoms with Crippen LogP contribution in [-0.2, 0) is 23.0 Å². The zero-order chi connectivity index (χ0) is 14.8. The highest BCUT2D eigenvalue weighted by atomic mass is 32.2. The SMILES string of the molecule is NS(=O)(=O)c1cn(CCc2ccccc2)c(=O)[nH]c1=O. The third-order valence-corrected chi connectivity index (χ3v) is 3.67. The van der Waals surface area contributed by atoms with E-state index in [4.69, 9.17) is 5.14 Å². The van der Waals surface area contributed by atoms with Crippen molar-refractivity contribution < 1.29 is 8.42 Å². The summed E-state index contributed by atoms with van der Waals surface area (Å²) < 4.78 is 23.6. The van der Waals surface area contributed by atoms with Crippen LogP contribution in [0.4, 0.5) is 0 Å². The number of aryl methyl sites for hydroxylation is 2. The average Bonchev–Trinajstić information content (AvgIpc) is 2.37. The summed E-state index contributed by atoms with van der Waals surface area (Å²) in [4.78, 5) is 24.3. The normalized spacial score (nSPS) is 11.4. The Kier molecular flexibility index (Phi) is 3.86. The summed E-state index contributed by atoms with van der Waals surface area (Å²) in [5, 5.41) is 4.92. The van der Waals surface area contributed by atoms with Gasteiger partial charge < -0.3 is 0 Å². The number of nitrogens with one attached hydrogen (secondary N) is 1. The maximum atomic E-state index is 11.6. The number of hydrogen-bond donors (Lipinski definition) is 2. The lowest BCUT2D eigenvalue weighted by atomic mass is 10.1. The van der Waals surface area contributed by atoms with E-state index in [-0.39, 0.29) is 6.54 Å². The molecule has 0 fully saturated rings. The van der Waals surface area contributed by atoms with E-state index >= 15 is 0 Å². The van der Waals surface area contributed by atoms with Crippen LogP contribution in [-0.4, -0.2) is 18.0 Å². The second kappa shape index (κ2) is 5.43. The molecule has 2 rings (SSSR count). The van der Waals surface area contributed by atoms with E-state index in [1.54, 1.807) is 0 Å². The fraction of sp³-hybridized carbons (Fsp3) is 0.167. The molecule has 8 heteroatoms. The van der Waals surface area contributed by atoms with Gasteiger partial charge >= 0.3 is 5.69 Å². The van der Waals surface area contributed by atoms with Crippen LogP contribution in [0.2, 0.25) is 0 Å². The van der Waals surface area contributed by atoms with Crippen molar-refractivity contribution in [3.05, 3.63) is 62.9 Å². The van der Waals surface area contributed by atoms with Crippen molar-refractivity contribution in [2.24, 2.45) is 5.14 Å². The van der Waals surface area contributed by atoms with Crippen molar-refractivity contribution in [2.75, 3.05) is 0 Å². The van der Waals surface area contributed by atoms with E-state index < -0.39 is 26.2 Å². The number of benzene rings is 1. The highest BCUT2D eigenvalue weighted by Crippen LogP contribution is 2.02. The maximum Gasteiger partial charge on any atom is 0.328 e. The van der Waals surface area contributed by atoms with Crippen molar-refractivity contribution in [3.8, 4) is 0 Å². The molecule has 0 atom stereocenters. The molecule has 1 aromatic carbocycles. The molecule has 0 amide bonds. The van der Waals surface area contributed by atoms with Crippen molar-refractivity contribution in [2.45, 2.75) is 17.9 Å². The van der Waals surface area contributed by atoms with Gasteiger partial charge in [-0.05, 0) is 12.0 Å². The molecule has 0 bridgehead atoms. The second-order valence-electron chi connectivity index (χ2n) is 4.23. The first-order valence-corrected chi connectivity index (χ1v) is 7.33. The molecule has 20 heavy (non-hydrogen) atoms. The van der Waals surface area contributed by atoms with Crippen LogP contribution in [0.25, 0.3) is 0 Å². The first-order chi connectivity index (χ1) is 9.38. The molecule has 0 aliphatic heterocycles. The van der Waals surface area contributed by atoms with Crippen LogP contribution in [0.5, 0.6) is 0 Å². The van der Waals surface area contributed by atoms with Gasteiger partial charge in [-0.3, -0.25) is 14.3 Å². The number of aromatic amines is 1. The summed E-state index contributed by atoms with van der Waals surface area (Å²) in [6.07, 6.45) is 1.50. The van der Waals surface area contributed by atoms with Crippen LogP contribution < -0.4 is 16.4 Å². The lowest BCUT2D eigenvalue weighted by molar-refractivity contribution is 0.586. The summed E-state index contributed by atoms with van der Waals surface area (Å²) in [6, 6.07) is 9.37. The Morgan fingerprint density at radius 1 is 1.15 bits per heavy atom. The first kappa shape index (κ1) is 14.2. The Morgan fingerprint density at radius 2 is 1.80 bits per heavy atom. The Labute approximate surface area is 114 Å². The van der Waals surface area contributed by atoms with Gasteiger partial charge in [0.2, 0.25) is 10.0 Å². The van der Waals surface area contributed by atoms with Gasteiger partial charge in [0, 0.05) is 12.7 Å². The third-order valence-electron chi connectivity index (χ3n) is 2.77. The van der Waals surface area contributed by atoms with Crippen molar-refractivity contribution in [1.29, 1.82) is 0 Å². The highest BCUT2D eigenvalue weighted by molar-refractivity contribution is 7.89. The second-order valence-corrected chi connectivity index (χ2v) is 5.76. The number of sulfonamides is 1. The van der Waals surface area contributed by atoms with Crippen LogP contribution in [0.15, 0.2) is 51.0 Å². The zero-order valence-electron chi connectivity index (χ0n) is 10.4.